The van der Waals surface area contributed by atoms with Crippen molar-refractivity contribution in [3.63, 3.8) is 0 Å². The number of carbonyl (C=O) groups is 1. The highest BCUT2D eigenvalue weighted by Gasteiger charge is 2.13. The summed E-state index contributed by atoms with van der Waals surface area (Å²) in [7, 11) is 1.38. The summed E-state index contributed by atoms with van der Waals surface area (Å²) in [4.78, 5) is 31.2. The van der Waals surface area contributed by atoms with E-state index in [-0.39, 0.29) is 23.4 Å². The quantitative estimate of drug-likeness (QED) is 0.615. The van der Waals surface area contributed by atoms with Gasteiger partial charge in [-0.05, 0) is 35.9 Å². The molecular formula is C22H21ClFN3O3. The normalized spacial score (nSPS) is 10.9. The molecule has 30 heavy (non-hydrogen) atoms. The molecule has 1 amide bonds. The van der Waals surface area contributed by atoms with E-state index >= 15 is 0 Å². The van der Waals surface area contributed by atoms with Crippen LogP contribution in [-0.4, -0.2) is 23.0 Å². The predicted octanol–water partition coefficient (Wildman–Crippen LogP) is 4.18. The number of nitrogens with zero attached hydrogens (tertiary/aromatic N) is 1. The molecule has 0 bridgehead atoms. The highest BCUT2D eigenvalue weighted by molar-refractivity contribution is 6.33. The van der Waals surface area contributed by atoms with Crippen LogP contribution in [0.4, 0.5) is 4.39 Å². The first kappa shape index (κ1) is 21.5. The number of benzene rings is 2. The van der Waals surface area contributed by atoms with Gasteiger partial charge in [-0.15, -0.1) is 0 Å². The molecule has 1 aromatic heterocycles. The maximum absolute atomic E-state index is 14.1. The van der Waals surface area contributed by atoms with Gasteiger partial charge in [-0.3, -0.25) is 9.59 Å². The molecule has 0 saturated heterocycles. The summed E-state index contributed by atoms with van der Waals surface area (Å²) < 4.78 is 19.0. The van der Waals surface area contributed by atoms with Crippen LogP contribution in [0.3, 0.4) is 0 Å². The summed E-state index contributed by atoms with van der Waals surface area (Å²) in [6.45, 7) is 3.93. The van der Waals surface area contributed by atoms with E-state index in [0.717, 1.165) is 5.56 Å². The lowest BCUT2D eigenvalue weighted by atomic mass is 10.1. The summed E-state index contributed by atoms with van der Waals surface area (Å²) in [6, 6.07) is 10.8. The van der Waals surface area contributed by atoms with Gasteiger partial charge in [0, 0.05) is 29.7 Å². The van der Waals surface area contributed by atoms with Crippen molar-refractivity contribution in [1.82, 2.24) is 15.3 Å². The summed E-state index contributed by atoms with van der Waals surface area (Å²) >= 11 is 6.33. The molecule has 156 valence electrons. The number of hydrogen-bond acceptors (Lipinski definition) is 4. The van der Waals surface area contributed by atoms with Crippen LogP contribution in [0.1, 0.15) is 19.4 Å². The van der Waals surface area contributed by atoms with Crippen LogP contribution < -0.4 is 15.6 Å². The van der Waals surface area contributed by atoms with E-state index in [1.54, 1.807) is 24.3 Å². The lowest BCUT2D eigenvalue weighted by Crippen LogP contribution is -2.27. The van der Waals surface area contributed by atoms with E-state index in [9.17, 15) is 14.0 Å². The largest absolute Gasteiger partial charge is 0.494 e. The van der Waals surface area contributed by atoms with Gasteiger partial charge in [0.15, 0.2) is 11.6 Å². The summed E-state index contributed by atoms with van der Waals surface area (Å²) in [5.41, 5.74) is 1.62. The molecule has 0 aliphatic carbocycles. The molecule has 3 aromatic rings. The lowest BCUT2D eigenvalue weighted by molar-refractivity contribution is -0.124. The minimum absolute atomic E-state index is 0.0680. The number of halogens is 2. The van der Waals surface area contributed by atoms with Crippen molar-refractivity contribution in [2.24, 2.45) is 5.92 Å². The molecule has 0 atom stereocenters. The Balaban J connectivity index is 1.98. The Kier molecular flexibility index (Phi) is 6.52. The van der Waals surface area contributed by atoms with E-state index in [0.29, 0.717) is 28.4 Å². The maximum Gasteiger partial charge on any atom is 0.251 e. The number of ether oxygens (including phenoxy) is 1. The van der Waals surface area contributed by atoms with Gasteiger partial charge in [-0.25, -0.2) is 9.37 Å². The zero-order valence-electron chi connectivity index (χ0n) is 16.8. The zero-order valence-corrected chi connectivity index (χ0v) is 17.5. The van der Waals surface area contributed by atoms with Crippen LogP contribution in [0.25, 0.3) is 22.6 Å². The zero-order chi connectivity index (χ0) is 21.8. The fourth-order valence-electron chi connectivity index (χ4n) is 2.82. The van der Waals surface area contributed by atoms with Gasteiger partial charge in [0.05, 0.1) is 17.8 Å². The van der Waals surface area contributed by atoms with Crippen LogP contribution >= 0.6 is 11.6 Å². The predicted molar refractivity (Wildman–Crippen MR) is 114 cm³/mol. The third-order valence-electron chi connectivity index (χ3n) is 4.47. The SMILES string of the molecule is COc1ccc(-c2cc(=O)[nH]c(-c3cc(CNC(=O)C(C)C)ccc3Cl)n2)cc1F. The molecule has 3 rings (SSSR count). The second-order valence-corrected chi connectivity index (χ2v) is 7.42. The molecule has 0 radical (unpaired) electrons. The Bertz CT molecular complexity index is 1140. The third-order valence-corrected chi connectivity index (χ3v) is 4.80. The number of rotatable bonds is 6. The first-order valence-electron chi connectivity index (χ1n) is 9.30. The van der Waals surface area contributed by atoms with Crippen LogP contribution in [0.5, 0.6) is 5.75 Å². The van der Waals surface area contributed by atoms with Gasteiger partial charge in [-0.1, -0.05) is 31.5 Å². The fraction of sp³-hybridized carbons (Fsp3) is 0.227. The molecule has 0 fully saturated rings. The first-order valence-corrected chi connectivity index (χ1v) is 9.68. The molecule has 0 unspecified atom stereocenters. The van der Waals surface area contributed by atoms with Crippen molar-refractivity contribution in [2.45, 2.75) is 20.4 Å². The average Bonchev–Trinajstić information content (AvgIpc) is 2.72. The minimum atomic E-state index is -0.556. The topological polar surface area (TPSA) is 84.1 Å². The first-order chi connectivity index (χ1) is 14.3. The Morgan fingerprint density at radius 2 is 2.00 bits per heavy atom. The maximum atomic E-state index is 14.1. The number of hydrogen-bond donors (Lipinski definition) is 2. The number of amides is 1. The fourth-order valence-corrected chi connectivity index (χ4v) is 3.02. The number of aromatic amines is 1. The molecule has 1 heterocycles. The van der Waals surface area contributed by atoms with Crippen molar-refractivity contribution in [3.05, 3.63) is 69.2 Å². The molecule has 0 aliphatic rings. The van der Waals surface area contributed by atoms with Crippen molar-refractivity contribution >= 4 is 17.5 Å². The summed E-state index contributed by atoms with van der Waals surface area (Å²) in [6.07, 6.45) is 0. The van der Waals surface area contributed by atoms with Gasteiger partial charge in [0.25, 0.3) is 5.56 Å². The average molecular weight is 430 g/mol. The van der Waals surface area contributed by atoms with Gasteiger partial charge in [-0.2, -0.15) is 0 Å². The molecule has 6 nitrogen and oxygen atoms in total. The van der Waals surface area contributed by atoms with Crippen LogP contribution in [0.15, 0.2) is 47.3 Å². The van der Waals surface area contributed by atoms with Gasteiger partial charge in [0.1, 0.15) is 5.82 Å². The molecule has 0 aliphatic heterocycles. The van der Waals surface area contributed by atoms with E-state index in [2.05, 4.69) is 15.3 Å². The lowest BCUT2D eigenvalue weighted by Gasteiger charge is -2.11. The number of carbonyl (C=O) groups excluding carboxylic acids is 1. The van der Waals surface area contributed by atoms with Crippen LogP contribution in [-0.2, 0) is 11.3 Å². The molecule has 0 saturated carbocycles. The molecular weight excluding hydrogens is 409 g/mol. The Hall–Kier alpha value is -3.19. The highest BCUT2D eigenvalue weighted by Crippen LogP contribution is 2.28. The van der Waals surface area contributed by atoms with Crippen LogP contribution in [0.2, 0.25) is 5.02 Å². The Morgan fingerprint density at radius 3 is 2.67 bits per heavy atom. The molecule has 0 spiro atoms. The van der Waals surface area contributed by atoms with Crippen molar-refractivity contribution < 1.29 is 13.9 Å². The molecule has 8 heteroatoms. The highest BCUT2D eigenvalue weighted by atomic mass is 35.5. The van der Waals surface area contributed by atoms with E-state index in [1.165, 1.54) is 25.3 Å². The summed E-state index contributed by atoms with van der Waals surface area (Å²) in [5.74, 6) is -0.406. The van der Waals surface area contributed by atoms with Gasteiger partial charge < -0.3 is 15.0 Å². The minimum Gasteiger partial charge on any atom is -0.494 e. The number of aromatic nitrogens is 2. The molecule has 2 N–H and O–H groups in total. The smallest absolute Gasteiger partial charge is 0.251 e. The monoisotopic (exact) mass is 429 g/mol. The number of methoxy groups -OCH3 is 1. The van der Waals surface area contributed by atoms with Gasteiger partial charge in [0.2, 0.25) is 5.91 Å². The Labute approximate surface area is 178 Å². The van der Waals surface area contributed by atoms with Gasteiger partial charge >= 0.3 is 0 Å². The van der Waals surface area contributed by atoms with E-state index in [4.69, 9.17) is 16.3 Å². The van der Waals surface area contributed by atoms with E-state index < -0.39 is 11.4 Å². The standard InChI is InChI=1S/C22H21ClFN3O3/c1-12(2)22(29)25-11-13-4-6-16(23)15(8-13)21-26-18(10-20(28)27-21)14-5-7-19(30-3)17(24)9-14/h4-10,12H,11H2,1-3H3,(H,25,29)(H,26,27,28). The van der Waals surface area contributed by atoms with E-state index in [1.807, 2.05) is 13.8 Å². The number of H-pyrrole nitrogens is 1. The van der Waals surface area contributed by atoms with Crippen molar-refractivity contribution in [1.29, 1.82) is 0 Å². The van der Waals surface area contributed by atoms with Crippen LogP contribution in [0, 0.1) is 11.7 Å². The number of nitrogens with one attached hydrogen (secondary N) is 2. The van der Waals surface area contributed by atoms with Crippen molar-refractivity contribution in [3.8, 4) is 28.4 Å². The Morgan fingerprint density at radius 1 is 1.23 bits per heavy atom. The molecule has 2 aromatic carbocycles. The summed E-state index contributed by atoms with van der Waals surface area (Å²) in [5, 5.41) is 3.22. The second kappa shape index (κ2) is 9.09. The van der Waals surface area contributed by atoms with Crippen molar-refractivity contribution in [2.75, 3.05) is 7.11 Å². The third kappa shape index (κ3) is 4.86. The second-order valence-electron chi connectivity index (χ2n) is 7.02.